The van der Waals surface area contributed by atoms with Gasteiger partial charge < -0.3 is 14.5 Å². The minimum atomic E-state index is -0.222. The van der Waals surface area contributed by atoms with Crippen molar-refractivity contribution in [2.45, 2.75) is 13.8 Å². The molecule has 25 heavy (non-hydrogen) atoms. The van der Waals surface area contributed by atoms with Gasteiger partial charge in [-0.25, -0.2) is 0 Å². The van der Waals surface area contributed by atoms with Gasteiger partial charge in [0.25, 0.3) is 5.91 Å². The lowest BCUT2D eigenvalue weighted by Crippen LogP contribution is -2.49. The Hall–Kier alpha value is -2.28. The number of amides is 2. The minimum Gasteiger partial charge on any atom is -0.493 e. The van der Waals surface area contributed by atoms with Crippen LogP contribution in [-0.4, -0.2) is 59.6 Å². The molecule has 1 aromatic carbocycles. The summed E-state index contributed by atoms with van der Waals surface area (Å²) >= 11 is 1.39. The van der Waals surface area contributed by atoms with E-state index in [0.717, 1.165) is 11.3 Å². The molecule has 132 valence electrons. The second-order valence-corrected chi connectivity index (χ2v) is 6.78. The number of para-hydroxylation sites is 1. The molecule has 0 aromatic heterocycles. The van der Waals surface area contributed by atoms with Crippen LogP contribution < -0.4 is 4.74 Å². The molecule has 1 saturated heterocycles. The van der Waals surface area contributed by atoms with E-state index in [2.05, 4.69) is 9.89 Å². The number of hydrogen-bond acceptors (Lipinski definition) is 5. The van der Waals surface area contributed by atoms with E-state index in [0.29, 0.717) is 42.9 Å². The number of ether oxygens (including phenoxy) is 1. The molecule has 2 aliphatic rings. The van der Waals surface area contributed by atoms with E-state index >= 15 is 0 Å². The van der Waals surface area contributed by atoms with Crippen molar-refractivity contribution in [3.63, 3.8) is 0 Å². The predicted molar refractivity (Wildman–Crippen MR) is 99.4 cm³/mol. The quantitative estimate of drug-likeness (QED) is 0.775. The molecule has 0 bridgehead atoms. The van der Waals surface area contributed by atoms with Crippen molar-refractivity contribution in [2.75, 3.05) is 32.8 Å². The topological polar surface area (TPSA) is 62.2 Å². The van der Waals surface area contributed by atoms with Crippen LogP contribution in [0.5, 0.6) is 5.75 Å². The van der Waals surface area contributed by atoms with Crippen molar-refractivity contribution in [3.05, 3.63) is 34.7 Å². The van der Waals surface area contributed by atoms with E-state index in [9.17, 15) is 9.59 Å². The molecule has 0 radical (unpaired) electrons. The van der Waals surface area contributed by atoms with Crippen LogP contribution >= 0.6 is 11.8 Å². The molecule has 2 amide bonds. The maximum atomic E-state index is 12.3. The van der Waals surface area contributed by atoms with Crippen LogP contribution in [0.2, 0.25) is 0 Å². The van der Waals surface area contributed by atoms with Gasteiger partial charge in [0.05, 0.1) is 11.5 Å². The van der Waals surface area contributed by atoms with Crippen LogP contribution in [0.1, 0.15) is 19.4 Å². The van der Waals surface area contributed by atoms with E-state index in [1.54, 1.807) is 6.92 Å². The highest BCUT2D eigenvalue weighted by Crippen LogP contribution is 2.32. The van der Waals surface area contributed by atoms with Gasteiger partial charge in [0.2, 0.25) is 5.91 Å². The molecule has 0 spiro atoms. The normalized spacial score (nSPS) is 19.4. The molecule has 1 fully saturated rings. The fourth-order valence-corrected chi connectivity index (χ4v) is 3.73. The molecule has 7 heteroatoms. The van der Waals surface area contributed by atoms with Crippen LogP contribution in [0, 0.1) is 0 Å². The highest BCUT2D eigenvalue weighted by atomic mass is 32.2. The van der Waals surface area contributed by atoms with E-state index < -0.39 is 0 Å². The summed E-state index contributed by atoms with van der Waals surface area (Å²) in [5.74, 6) is 0.625. The van der Waals surface area contributed by atoms with Crippen LogP contribution in [0.15, 0.2) is 34.2 Å². The lowest BCUT2D eigenvalue weighted by atomic mass is 10.2. The third-order valence-electron chi connectivity index (χ3n) is 4.11. The van der Waals surface area contributed by atoms with Crippen LogP contribution in [-0.2, 0) is 9.59 Å². The standard InChI is InChI=1S/C18H21N3O3S/c1-3-24-15-7-5-4-6-14(15)12-16-17(23)19-18(25-16)21-10-8-20(9-11-21)13(2)22/h4-7,12H,3,8-11H2,1-2H3. The van der Waals surface area contributed by atoms with Gasteiger partial charge in [0, 0.05) is 38.7 Å². The number of hydrogen-bond donors (Lipinski definition) is 0. The fourth-order valence-electron chi connectivity index (χ4n) is 2.77. The summed E-state index contributed by atoms with van der Waals surface area (Å²) in [5.41, 5.74) is 0.873. The first-order valence-electron chi connectivity index (χ1n) is 8.33. The Bertz CT molecular complexity index is 737. The SMILES string of the molecule is CCOc1ccccc1C=C1SC(N2CCN(C(C)=O)CC2)=NC1=O. The number of amidine groups is 1. The van der Waals surface area contributed by atoms with Crippen molar-refractivity contribution in [1.82, 2.24) is 9.80 Å². The number of nitrogens with zero attached hydrogens (tertiary/aromatic N) is 3. The minimum absolute atomic E-state index is 0.0878. The summed E-state index contributed by atoms with van der Waals surface area (Å²) in [6.45, 7) is 6.80. The maximum absolute atomic E-state index is 12.3. The Labute approximate surface area is 151 Å². The molecule has 0 aliphatic carbocycles. The lowest BCUT2D eigenvalue weighted by Gasteiger charge is -2.34. The van der Waals surface area contributed by atoms with Crippen molar-refractivity contribution in [2.24, 2.45) is 4.99 Å². The van der Waals surface area contributed by atoms with Gasteiger partial charge >= 0.3 is 0 Å². The number of benzene rings is 1. The molecule has 0 unspecified atom stereocenters. The summed E-state index contributed by atoms with van der Waals surface area (Å²) in [7, 11) is 0. The third-order valence-corrected chi connectivity index (χ3v) is 5.15. The Morgan fingerprint density at radius 3 is 2.68 bits per heavy atom. The fraction of sp³-hybridized carbons (Fsp3) is 0.389. The molecular formula is C18H21N3O3S. The zero-order chi connectivity index (χ0) is 17.8. The predicted octanol–water partition coefficient (Wildman–Crippen LogP) is 2.22. The van der Waals surface area contributed by atoms with E-state index in [1.807, 2.05) is 42.2 Å². The number of carbonyl (C=O) groups excluding carboxylic acids is 2. The summed E-state index contributed by atoms with van der Waals surface area (Å²) in [4.78, 5) is 32.3. The first-order valence-corrected chi connectivity index (χ1v) is 9.15. The number of thioether (sulfide) groups is 1. The van der Waals surface area contributed by atoms with Crippen LogP contribution in [0.3, 0.4) is 0 Å². The molecule has 6 nitrogen and oxygen atoms in total. The average molecular weight is 359 g/mol. The van der Waals surface area contributed by atoms with Crippen LogP contribution in [0.4, 0.5) is 0 Å². The Kier molecular flexibility index (Phi) is 5.43. The third kappa shape index (κ3) is 4.04. The second-order valence-electron chi connectivity index (χ2n) is 5.77. The Morgan fingerprint density at radius 1 is 1.28 bits per heavy atom. The lowest BCUT2D eigenvalue weighted by molar-refractivity contribution is -0.130. The van der Waals surface area contributed by atoms with Crippen molar-refractivity contribution >= 4 is 34.8 Å². The maximum Gasteiger partial charge on any atom is 0.286 e. The highest BCUT2D eigenvalue weighted by Gasteiger charge is 2.29. The summed E-state index contributed by atoms with van der Waals surface area (Å²) in [5, 5.41) is 0.716. The van der Waals surface area contributed by atoms with Crippen molar-refractivity contribution in [3.8, 4) is 5.75 Å². The zero-order valence-electron chi connectivity index (χ0n) is 14.4. The molecular weight excluding hydrogens is 338 g/mol. The molecule has 2 aliphatic heterocycles. The van der Waals surface area contributed by atoms with Gasteiger partial charge in [0.1, 0.15) is 5.75 Å². The van der Waals surface area contributed by atoms with Gasteiger partial charge in [-0.2, -0.15) is 4.99 Å². The van der Waals surface area contributed by atoms with Gasteiger partial charge in [-0.3, -0.25) is 9.59 Å². The zero-order valence-corrected chi connectivity index (χ0v) is 15.2. The van der Waals surface area contributed by atoms with Crippen LogP contribution in [0.25, 0.3) is 6.08 Å². The largest absolute Gasteiger partial charge is 0.493 e. The number of rotatable bonds is 3. The van der Waals surface area contributed by atoms with Gasteiger partial charge in [-0.1, -0.05) is 18.2 Å². The van der Waals surface area contributed by atoms with Crippen molar-refractivity contribution in [1.29, 1.82) is 0 Å². The molecule has 2 heterocycles. The van der Waals surface area contributed by atoms with Crippen molar-refractivity contribution < 1.29 is 14.3 Å². The second kappa shape index (κ2) is 7.74. The number of carbonyl (C=O) groups is 2. The van der Waals surface area contributed by atoms with E-state index in [4.69, 9.17) is 4.74 Å². The first-order chi connectivity index (χ1) is 12.1. The van der Waals surface area contributed by atoms with Gasteiger partial charge in [-0.15, -0.1) is 0 Å². The summed E-state index contributed by atoms with van der Waals surface area (Å²) in [6.07, 6.45) is 1.83. The molecule has 0 saturated carbocycles. The summed E-state index contributed by atoms with van der Waals surface area (Å²) in [6, 6.07) is 7.65. The Morgan fingerprint density at radius 2 is 2.00 bits per heavy atom. The molecule has 0 atom stereocenters. The van der Waals surface area contributed by atoms with E-state index in [1.165, 1.54) is 11.8 Å². The number of piperazine rings is 1. The molecule has 3 rings (SSSR count). The van der Waals surface area contributed by atoms with Gasteiger partial charge in [0.15, 0.2) is 5.17 Å². The smallest absolute Gasteiger partial charge is 0.286 e. The number of aliphatic imine (C=N–C) groups is 1. The molecule has 0 N–H and O–H groups in total. The molecule has 1 aromatic rings. The van der Waals surface area contributed by atoms with E-state index in [-0.39, 0.29) is 11.8 Å². The average Bonchev–Trinajstić information content (AvgIpc) is 2.98. The van der Waals surface area contributed by atoms with Gasteiger partial charge in [-0.05, 0) is 30.8 Å². The summed E-state index contributed by atoms with van der Waals surface area (Å²) < 4.78 is 5.61. The highest BCUT2D eigenvalue weighted by molar-refractivity contribution is 8.18. The Balaban J connectivity index is 1.70. The monoisotopic (exact) mass is 359 g/mol. The first kappa shape index (κ1) is 17.5.